The average molecular weight is 212 g/mol. The van der Waals surface area contributed by atoms with E-state index in [2.05, 4.69) is 12.2 Å². The van der Waals surface area contributed by atoms with Crippen LogP contribution in [0.2, 0.25) is 0 Å². The molecule has 0 aromatic heterocycles. The minimum atomic E-state index is -0.327. The number of nitrogens with two attached hydrogens (primary N) is 1. The van der Waals surface area contributed by atoms with E-state index >= 15 is 0 Å². The fraction of sp³-hybridized carbons (Fsp3) is 0.917. The zero-order valence-electron chi connectivity index (χ0n) is 9.96. The first kappa shape index (κ1) is 12.5. The van der Waals surface area contributed by atoms with E-state index in [0.29, 0.717) is 6.04 Å². The van der Waals surface area contributed by atoms with Gasteiger partial charge in [-0.15, -0.1) is 0 Å². The number of carbonyl (C=O) groups excluding carboxylic acids is 1. The molecule has 0 spiro atoms. The van der Waals surface area contributed by atoms with Gasteiger partial charge in [0.1, 0.15) is 0 Å². The first-order chi connectivity index (χ1) is 7.17. The predicted molar refractivity (Wildman–Crippen MR) is 62.4 cm³/mol. The quantitative estimate of drug-likeness (QED) is 0.746. The summed E-state index contributed by atoms with van der Waals surface area (Å²) in [5, 5.41) is 3.07. The van der Waals surface area contributed by atoms with Crippen molar-refractivity contribution < 1.29 is 4.79 Å². The van der Waals surface area contributed by atoms with Gasteiger partial charge in [-0.2, -0.15) is 0 Å². The Labute approximate surface area is 92.8 Å². The number of nitrogens with one attached hydrogen (secondary N) is 1. The summed E-state index contributed by atoms with van der Waals surface area (Å²) in [5.74, 6) is 0.821. The van der Waals surface area contributed by atoms with Crippen LogP contribution in [0.4, 0.5) is 0 Å². The minimum Gasteiger partial charge on any atom is -0.352 e. The summed E-state index contributed by atoms with van der Waals surface area (Å²) < 4.78 is 0. The van der Waals surface area contributed by atoms with E-state index in [-0.39, 0.29) is 11.9 Å². The van der Waals surface area contributed by atoms with Crippen LogP contribution in [0.1, 0.15) is 52.4 Å². The topological polar surface area (TPSA) is 55.1 Å². The molecule has 3 heteroatoms. The van der Waals surface area contributed by atoms with E-state index in [1.54, 1.807) is 0 Å². The molecule has 88 valence electrons. The summed E-state index contributed by atoms with van der Waals surface area (Å²) >= 11 is 0. The van der Waals surface area contributed by atoms with E-state index in [0.717, 1.165) is 25.2 Å². The third-order valence-corrected chi connectivity index (χ3v) is 3.48. The lowest BCUT2D eigenvalue weighted by molar-refractivity contribution is -0.123. The summed E-state index contributed by atoms with van der Waals surface area (Å²) in [5.41, 5.74) is 5.69. The van der Waals surface area contributed by atoms with Crippen LogP contribution >= 0.6 is 0 Å². The first-order valence-electron chi connectivity index (χ1n) is 6.23. The van der Waals surface area contributed by atoms with E-state index in [1.165, 1.54) is 19.3 Å². The van der Waals surface area contributed by atoms with Gasteiger partial charge in [-0.1, -0.05) is 33.1 Å². The molecule has 1 aliphatic carbocycles. The molecule has 1 fully saturated rings. The molecule has 0 saturated heterocycles. The van der Waals surface area contributed by atoms with Crippen molar-refractivity contribution in [1.82, 2.24) is 5.32 Å². The van der Waals surface area contributed by atoms with E-state index in [1.807, 2.05) is 6.92 Å². The molecule has 0 bridgehead atoms. The maximum atomic E-state index is 11.6. The van der Waals surface area contributed by atoms with Crippen LogP contribution in [0.5, 0.6) is 0 Å². The molecule has 3 nitrogen and oxygen atoms in total. The van der Waals surface area contributed by atoms with Crippen molar-refractivity contribution in [2.75, 3.05) is 0 Å². The number of carbonyl (C=O) groups is 1. The van der Waals surface area contributed by atoms with Crippen LogP contribution in [0.15, 0.2) is 0 Å². The second-order valence-electron chi connectivity index (χ2n) is 4.66. The van der Waals surface area contributed by atoms with Gasteiger partial charge in [0, 0.05) is 6.04 Å². The third-order valence-electron chi connectivity index (χ3n) is 3.48. The molecule has 1 aliphatic rings. The van der Waals surface area contributed by atoms with Gasteiger partial charge < -0.3 is 11.1 Å². The fourth-order valence-corrected chi connectivity index (χ4v) is 2.29. The van der Waals surface area contributed by atoms with Crippen LogP contribution in [-0.4, -0.2) is 18.0 Å². The molecule has 15 heavy (non-hydrogen) atoms. The van der Waals surface area contributed by atoms with E-state index in [4.69, 9.17) is 5.73 Å². The van der Waals surface area contributed by atoms with Crippen molar-refractivity contribution in [3.63, 3.8) is 0 Å². The van der Waals surface area contributed by atoms with Gasteiger partial charge in [0.15, 0.2) is 0 Å². The monoisotopic (exact) mass is 212 g/mol. The molecule has 1 saturated carbocycles. The Bertz CT molecular complexity index is 206. The zero-order valence-corrected chi connectivity index (χ0v) is 9.96. The number of hydrogen-bond acceptors (Lipinski definition) is 2. The Morgan fingerprint density at radius 1 is 1.47 bits per heavy atom. The Morgan fingerprint density at radius 3 is 2.80 bits per heavy atom. The summed E-state index contributed by atoms with van der Waals surface area (Å²) in [6, 6.07) is 0.0424. The highest BCUT2D eigenvalue weighted by Crippen LogP contribution is 2.26. The lowest BCUT2D eigenvalue weighted by atomic mass is 9.84. The standard InChI is InChI=1S/C12H24N2O/c1-3-9-6-5-7-10(8-9)14-12(15)11(13)4-2/h9-11H,3-8,13H2,1-2H3,(H,14,15)/t9?,10?,11-/m0/s1. The summed E-state index contributed by atoms with van der Waals surface area (Å²) in [4.78, 5) is 11.6. The van der Waals surface area contributed by atoms with Gasteiger partial charge in [-0.3, -0.25) is 4.79 Å². The normalized spacial score (nSPS) is 28.5. The second-order valence-corrected chi connectivity index (χ2v) is 4.66. The molecule has 0 aromatic rings. The molecule has 0 aliphatic heterocycles. The van der Waals surface area contributed by atoms with E-state index < -0.39 is 0 Å². The van der Waals surface area contributed by atoms with Gasteiger partial charge in [-0.05, 0) is 25.2 Å². The summed E-state index contributed by atoms with van der Waals surface area (Å²) in [7, 11) is 0. The molecule has 0 aromatic carbocycles. The third kappa shape index (κ3) is 3.82. The molecule has 1 rings (SSSR count). The second kappa shape index (κ2) is 6.11. The lowest BCUT2D eigenvalue weighted by Gasteiger charge is -2.29. The van der Waals surface area contributed by atoms with Crippen LogP contribution in [0.25, 0.3) is 0 Å². The van der Waals surface area contributed by atoms with Crippen LogP contribution in [0.3, 0.4) is 0 Å². The molecular formula is C12H24N2O. The average Bonchev–Trinajstić information content (AvgIpc) is 2.28. The summed E-state index contributed by atoms with van der Waals surface area (Å²) in [6.45, 7) is 4.17. The first-order valence-corrected chi connectivity index (χ1v) is 6.23. The highest BCUT2D eigenvalue weighted by atomic mass is 16.2. The molecular weight excluding hydrogens is 188 g/mol. The van der Waals surface area contributed by atoms with Crippen molar-refractivity contribution in [3.05, 3.63) is 0 Å². The van der Waals surface area contributed by atoms with Crippen molar-refractivity contribution in [1.29, 1.82) is 0 Å². The smallest absolute Gasteiger partial charge is 0.237 e. The number of rotatable bonds is 4. The van der Waals surface area contributed by atoms with E-state index in [9.17, 15) is 4.79 Å². The molecule has 3 N–H and O–H groups in total. The maximum absolute atomic E-state index is 11.6. The lowest BCUT2D eigenvalue weighted by Crippen LogP contribution is -2.46. The number of hydrogen-bond donors (Lipinski definition) is 2. The predicted octanol–water partition coefficient (Wildman–Crippen LogP) is 1.81. The number of amides is 1. The molecule has 0 heterocycles. The molecule has 2 unspecified atom stereocenters. The Kier molecular flexibility index (Phi) is 5.09. The molecule has 1 amide bonds. The highest BCUT2D eigenvalue weighted by molar-refractivity contribution is 5.81. The largest absolute Gasteiger partial charge is 0.352 e. The van der Waals surface area contributed by atoms with Crippen molar-refractivity contribution in [3.8, 4) is 0 Å². The van der Waals surface area contributed by atoms with Crippen LogP contribution in [-0.2, 0) is 4.79 Å². The van der Waals surface area contributed by atoms with Gasteiger partial charge in [0.25, 0.3) is 0 Å². The fourth-order valence-electron chi connectivity index (χ4n) is 2.29. The maximum Gasteiger partial charge on any atom is 0.237 e. The van der Waals surface area contributed by atoms with Gasteiger partial charge >= 0.3 is 0 Å². The summed E-state index contributed by atoms with van der Waals surface area (Å²) in [6.07, 6.45) is 6.77. The van der Waals surface area contributed by atoms with Crippen molar-refractivity contribution in [2.45, 2.75) is 64.5 Å². The Balaban J connectivity index is 2.34. The van der Waals surface area contributed by atoms with Gasteiger partial charge in [0.05, 0.1) is 6.04 Å². The minimum absolute atomic E-state index is 0.0271. The molecule has 3 atom stereocenters. The Hall–Kier alpha value is -0.570. The van der Waals surface area contributed by atoms with Gasteiger partial charge in [0.2, 0.25) is 5.91 Å². The van der Waals surface area contributed by atoms with Gasteiger partial charge in [-0.25, -0.2) is 0 Å². The van der Waals surface area contributed by atoms with Crippen LogP contribution < -0.4 is 11.1 Å². The SMILES string of the molecule is CCC1CCCC(NC(=O)[C@@H](N)CC)C1. The van der Waals surface area contributed by atoms with Crippen molar-refractivity contribution in [2.24, 2.45) is 11.7 Å². The Morgan fingerprint density at radius 2 is 2.20 bits per heavy atom. The highest BCUT2D eigenvalue weighted by Gasteiger charge is 2.23. The van der Waals surface area contributed by atoms with Crippen molar-refractivity contribution >= 4 is 5.91 Å². The zero-order chi connectivity index (χ0) is 11.3. The van der Waals surface area contributed by atoms with Crippen LogP contribution in [0, 0.1) is 5.92 Å². The molecule has 0 radical (unpaired) electrons.